The molecular weight excluding hydrogens is 686 g/mol. The highest BCUT2D eigenvalue weighted by atomic mass is 31.1. The summed E-state index contributed by atoms with van der Waals surface area (Å²) >= 11 is 0. The van der Waals surface area contributed by atoms with Gasteiger partial charge in [-0.05, 0) is 134 Å². The SMILES string of the molecule is CC(C)C[C@H]1COC(c2cccc3c2C2(CC3)CCc3cccc(P(c4cc(C(C)(C)C)cc(C(C)(C)C)c4)c4cc(C(C)(C)C)cc(C(C)(C)C)c4)c32)=N1. The summed E-state index contributed by atoms with van der Waals surface area (Å²) in [4.78, 5) is 5.27. The molecule has 4 aromatic carbocycles. The Bertz CT molecular complexity index is 1980. The van der Waals surface area contributed by atoms with E-state index < -0.39 is 7.92 Å². The normalized spacial score (nSPS) is 20.0. The smallest absolute Gasteiger partial charge is 0.216 e. The summed E-state index contributed by atoms with van der Waals surface area (Å²) in [6.07, 6.45) is 5.54. The second-order valence-corrected chi connectivity index (χ2v) is 23.8. The Labute approximate surface area is 335 Å². The van der Waals surface area contributed by atoms with Crippen molar-refractivity contribution in [3.8, 4) is 0 Å². The van der Waals surface area contributed by atoms with Crippen LogP contribution in [0.3, 0.4) is 0 Å². The van der Waals surface area contributed by atoms with E-state index >= 15 is 0 Å². The Kier molecular flexibility index (Phi) is 10.2. The summed E-state index contributed by atoms with van der Waals surface area (Å²) in [5.74, 6) is 1.47. The lowest BCUT2D eigenvalue weighted by atomic mass is 9.74. The van der Waals surface area contributed by atoms with Crippen LogP contribution in [0.4, 0.5) is 0 Å². The first-order valence-electron chi connectivity index (χ1n) is 21.1. The molecule has 2 nitrogen and oxygen atoms in total. The minimum atomic E-state index is -0.932. The van der Waals surface area contributed by atoms with Crippen LogP contribution in [-0.2, 0) is 44.7 Å². The molecule has 1 spiro atoms. The molecule has 7 rings (SSSR count). The molecule has 3 heteroatoms. The van der Waals surface area contributed by atoms with Crippen LogP contribution in [0.2, 0.25) is 0 Å². The molecule has 0 aromatic heterocycles. The lowest BCUT2D eigenvalue weighted by molar-refractivity contribution is 0.301. The fourth-order valence-electron chi connectivity index (χ4n) is 9.40. The number of aliphatic imine (C=N–C) groups is 1. The molecule has 0 N–H and O–H groups in total. The quantitative estimate of drug-likeness (QED) is 0.180. The highest BCUT2D eigenvalue weighted by molar-refractivity contribution is 7.80. The third-order valence-corrected chi connectivity index (χ3v) is 15.0. The first kappa shape index (κ1) is 40.0. The van der Waals surface area contributed by atoms with Crippen molar-refractivity contribution in [2.75, 3.05) is 6.61 Å². The molecule has 4 aromatic rings. The third-order valence-electron chi connectivity index (χ3n) is 12.6. The van der Waals surface area contributed by atoms with Crippen LogP contribution in [0.25, 0.3) is 0 Å². The molecule has 1 unspecified atom stereocenters. The molecule has 0 bridgehead atoms. The molecule has 2 aliphatic carbocycles. The number of benzene rings is 4. The number of rotatable bonds is 6. The van der Waals surface area contributed by atoms with Crippen LogP contribution in [0, 0.1) is 5.92 Å². The molecule has 1 heterocycles. The van der Waals surface area contributed by atoms with Gasteiger partial charge in [0.25, 0.3) is 0 Å². The largest absolute Gasteiger partial charge is 0.475 e. The summed E-state index contributed by atoms with van der Waals surface area (Å²) in [7, 11) is -0.932. The highest BCUT2D eigenvalue weighted by Crippen LogP contribution is 2.55. The number of aryl methyl sites for hydroxylation is 2. The van der Waals surface area contributed by atoms with Gasteiger partial charge in [0.05, 0.1) is 6.04 Å². The van der Waals surface area contributed by atoms with Gasteiger partial charge in [0, 0.05) is 11.0 Å². The van der Waals surface area contributed by atoms with Gasteiger partial charge in [-0.2, -0.15) is 0 Å². The van der Waals surface area contributed by atoms with Gasteiger partial charge in [-0.15, -0.1) is 0 Å². The van der Waals surface area contributed by atoms with Crippen LogP contribution in [0.1, 0.15) is 166 Å². The Morgan fingerprint density at radius 3 is 1.55 bits per heavy atom. The molecule has 3 aliphatic rings. The van der Waals surface area contributed by atoms with E-state index in [0.29, 0.717) is 12.5 Å². The minimum absolute atomic E-state index is 0.0232. The number of ether oxygens (including phenoxy) is 1. The molecule has 1 aliphatic heterocycles. The van der Waals surface area contributed by atoms with Crippen LogP contribution in [-0.4, -0.2) is 18.5 Å². The second kappa shape index (κ2) is 14.0. The first-order chi connectivity index (χ1) is 25.6. The average molecular weight is 754 g/mol. The standard InChI is InChI=1S/C52H68NOP/c1-33(2)25-40-32-54-47(53-40)43-19-15-17-34-21-23-52(45(34)43)24-22-35-18-16-20-44(46(35)52)55(41-28-36(48(3,4)5)26-37(29-41)49(6,7)8)42-30-38(50(9,10)11)27-39(31-42)51(12,13)14/h15-20,26-31,33,40H,21-25,32H2,1-14H3/t40-,52?/m0/s1. The van der Waals surface area contributed by atoms with Crippen molar-refractivity contribution < 1.29 is 4.74 Å². The van der Waals surface area contributed by atoms with E-state index in [4.69, 9.17) is 9.73 Å². The van der Waals surface area contributed by atoms with Crippen molar-refractivity contribution in [3.05, 3.63) is 123 Å². The molecule has 0 fully saturated rings. The molecule has 2 atom stereocenters. The van der Waals surface area contributed by atoms with E-state index in [9.17, 15) is 0 Å². The summed E-state index contributed by atoms with van der Waals surface area (Å²) < 4.78 is 6.52. The fraction of sp³-hybridized carbons (Fsp3) is 0.519. The van der Waals surface area contributed by atoms with E-state index in [1.807, 2.05) is 0 Å². The maximum Gasteiger partial charge on any atom is 0.216 e. The van der Waals surface area contributed by atoms with E-state index in [0.717, 1.165) is 38.0 Å². The zero-order valence-electron chi connectivity index (χ0n) is 36.6. The van der Waals surface area contributed by atoms with Gasteiger partial charge < -0.3 is 4.74 Å². The number of hydrogen-bond donors (Lipinski definition) is 0. The zero-order valence-corrected chi connectivity index (χ0v) is 37.5. The van der Waals surface area contributed by atoms with Gasteiger partial charge in [0.1, 0.15) is 6.61 Å². The van der Waals surface area contributed by atoms with Gasteiger partial charge in [-0.3, -0.25) is 0 Å². The number of nitrogens with zero attached hydrogens (tertiary/aromatic N) is 1. The second-order valence-electron chi connectivity index (χ2n) is 21.6. The molecule has 292 valence electrons. The van der Waals surface area contributed by atoms with Gasteiger partial charge in [0.15, 0.2) is 0 Å². The van der Waals surface area contributed by atoms with Crippen molar-refractivity contribution in [1.29, 1.82) is 0 Å². The lowest BCUT2D eigenvalue weighted by Gasteiger charge is -2.35. The van der Waals surface area contributed by atoms with Crippen molar-refractivity contribution in [3.63, 3.8) is 0 Å². The van der Waals surface area contributed by atoms with Crippen LogP contribution in [0.15, 0.2) is 77.8 Å². The summed E-state index contributed by atoms with van der Waals surface area (Å²) in [5.41, 5.74) is 13.1. The van der Waals surface area contributed by atoms with E-state index in [1.165, 1.54) is 60.4 Å². The maximum absolute atomic E-state index is 6.52. The van der Waals surface area contributed by atoms with Gasteiger partial charge in [0.2, 0.25) is 5.90 Å². The Morgan fingerprint density at radius 1 is 0.636 bits per heavy atom. The third kappa shape index (κ3) is 7.64. The van der Waals surface area contributed by atoms with Crippen LogP contribution < -0.4 is 15.9 Å². The Morgan fingerprint density at radius 2 is 1.09 bits per heavy atom. The molecule has 0 radical (unpaired) electrons. The predicted molar refractivity (Wildman–Crippen MR) is 240 cm³/mol. The summed E-state index contributed by atoms with van der Waals surface area (Å²) in [6, 6.07) is 29.9. The number of fused-ring (bicyclic) bond motifs is 4. The predicted octanol–water partition coefficient (Wildman–Crippen LogP) is 12.0. The lowest BCUT2D eigenvalue weighted by Crippen LogP contribution is -2.34. The molecule has 0 saturated heterocycles. The highest BCUT2D eigenvalue weighted by Gasteiger charge is 2.49. The molecule has 0 saturated carbocycles. The molecule has 55 heavy (non-hydrogen) atoms. The summed E-state index contributed by atoms with van der Waals surface area (Å²) in [5, 5.41) is 4.48. The first-order valence-corrected chi connectivity index (χ1v) is 22.5. The maximum atomic E-state index is 6.52. The van der Waals surface area contributed by atoms with Gasteiger partial charge in [-0.25, -0.2) is 4.99 Å². The van der Waals surface area contributed by atoms with Crippen molar-refractivity contribution >= 4 is 29.7 Å². The van der Waals surface area contributed by atoms with Crippen molar-refractivity contribution in [2.45, 2.75) is 162 Å². The minimum Gasteiger partial charge on any atom is -0.475 e. The summed E-state index contributed by atoms with van der Waals surface area (Å²) in [6.45, 7) is 33.8. The van der Waals surface area contributed by atoms with Crippen molar-refractivity contribution in [2.24, 2.45) is 10.9 Å². The number of hydrogen-bond acceptors (Lipinski definition) is 2. The fourth-order valence-corrected chi connectivity index (χ4v) is 12.1. The van der Waals surface area contributed by atoms with E-state index in [-0.39, 0.29) is 33.1 Å². The zero-order chi connectivity index (χ0) is 39.9. The topological polar surface area (TPSA) is 21.6 Å². The Balaban J connectivity index is 1.53. The van der Waals surface area contributed by atoms with E-state index in [2.05, 4.69) is 170 Å². The van der Waals surface area contributed by atoms with Crippen LogP contribution in [0.5, 0.6) is 0 Å². The Hall–Kier alpha value is -3.22. The van der Waals surface area contributed by atoms with Crippen LogP contribution >= 0.6 is 7.92 Å². The molecular formula is C52H68NOP. The molecule has 0 amide bonds. The average Bonchev–Trinajstić information content (AvgIpc) is 3.81. The monoisotopic (exact) mass is 754 g/mol. The van der Waals surface area contributed by atoms with Gasteiger partial charge >= 0.3 is 0 Å². The van der Waals surface area contributed by atoms with E-state index in [1.54, 1.807) is 5.56 Å². The van der Waals surface area contributed by atoms with Crippen molar-refractivity contribution in [1.82, 2.24) is 0 Å². The van der Waals surface area contributed by atoms with Gasteiger partial charge in [-0.1, -0.05) is 164 Å².